The zero-order chi connectivity index (χ0) is 13.9. The van der Waals surface area contributed by atoms with E-state index in [4.69, 9.17) is 9.84 Å². The SMILES string of the molecule is O=C(OCc1ccccc1)N1C[C@H](CO)C(F)(F)C1. The number of amides is 1. The molecule has 1 atom stereocenters. The van der Waals surface area contributed by atoms with Gasteiger partial charge in [0.25, 0.3) is 5.92 Å². The maximum atomic E-state index is 13.4. The Morgan fingerprint density at radius 3 is 2.68 bits per heavy atom. The molecule has 4 nitrogen and oxygen atoms in total. The van der Waals surface area contributed by atoms with Crippen LogP contribution in [0.25, 0.3) is 0 Å². The number of aliphatic hydroxyl groups is 1. The van der Waals surface area contributed by atoms with Gasteiger partial charge in [0.15, 0.2) is 0 Å². The fourth-order valence-corrected chi connectivity index (χ4v) is 1.99. The number of ether oxygens (including phenoxy) is 1. The van der Waals surface area contributed by atoms with Crippen LogP contribution in [0.1, 0.15) is 5.56 Å². The molecular weight excluding hydrogens is 256 g/mol. The molecule has 1 aromatic carbocycles. The molecule has 1 saturated heterocycles. The maximum Gasteiger partial charge on any atom is 0.410 e. The van der Waals surface area contributed by atoms with Gasteiger partial charge in [-0.1, -0.05) is 30.3 Å². The summed E-state index contributed by atoms with van der Waals surface area (Å²) in [6.07, 6.45) is -0.778. The van der Waals surface area contributed by atoms with E-state index < -0.39 is 31.1 Å². The van der Waals surface area contributed by atoms with E-state index in [1.165, 1.54) is 0 Å². The molecule has 19 heavy (non-hydrogen) atoms. The Kier molecular flexibility index (Phi) is 3.99. The Labute approximate surface area is 109 Å². The number of alkyl halides is 2. The first kappa shape index (κ1) is 13.7. The lowest BCUT2D eigenvalue weighted by Crippen LogP contribution is -2.32. The summed E-state index contributed by atoms with van der Waals surface area (Å²) < 4.78 is 31.7. The third kappa shape index (κ3) is 3.20. The van der Waals surface area contributed by atoms with Gasteiger partial charge in [-0.2, -0.15) is 0 Å². The molecule has 1 fully saturated rings. The summed E-state index contributed by atoms with van der Waals surface area (Å²) in [7, 11) is 0. The molecule has 0 bridgehead atoms. The van der Waals surface area contributed by atoms with Crippen molar-refractivity contribution in [2.75, 3.05) is 19.7 Å². The van der Waals surface area contributed by atoms with Crippen LogP contribution in [0.15, 0.2) is 30.3 Å². The van der Waals surface area contributed by atoms with Crippen molar-refractivity contribution in [3.8, 4) is 0 Å². The molecule has 0 saturated carbocycles. The van der Waals surface area contributed by atoms with Crippen LogP contribution < -0.4 is 0 Å². The second kappa shape index (κ2) is 5.52. The van der Waals surface area contributed by atoms with Crippen LogP contribution in [0.2, 0.25) is 0 Å². The van der Waals surface area contributed by atoms with Crippen molar-refractivity contribution in [2.24, 2.45) is 5.92 Å². The molecule has 1 N–H and O–H groups in total. The highest BCUT2D eigenvalue weighted by Crippen LogP contribution is 2.32. The summed E-state index contributed by atoms with van der Waals surface area (Å²) in [5.41, 5.74) is 0.792. The molecule has 0 spiro atoms. The van der Waals surface area contributed by atoms with E-state index in [1.807, 2.05) is 6.07 Å². The Hall–Kier alpha value is -1.69. The summed E-state index contributed by atoms with van der Waals surface area (Å²) in [6, 6.07) is 8.99. The number of carbonyl (C=O) groups is 1. The fourth-order valence-electron chi connectivity index (χ4n) is 1.99. The van der Waals surface area contributed by atoms with E-state index in [-0.39, 0.29) is 13.2 Å². The first-order valence-corrected chi connectivity index (χ1v) is 5.97. The molecular formula is C13H15F2NO3. The summed E-state index contributed by atoms with van der Waals surface area (Å²) >= 11 is 0. The van der Waals surface area contributed by atoms with E-state index in [0.29, 0.717) is 0 Å². The molecule has 0 aliphatic carbocycles. The zero-order valence-electron chi connectivity index (χ0n) is 10.3. The van der Waals surface area contributed by atoms with Crippen LogP contribution in [-0.2, 0) is 11.3 Å². The standard InChI is InChI=1S/C13H15F2NO3/c14-13(15)9-16(6-11(13)7-17)12(18)19-8-10-4-2-1-3-5-10/h1-5,11,17H,6-9H2/t11-/m1/s1. The topological polar surface area (TPSA) is 49.8 Å². The normalized spacial score (nSPS) is 21.4. The summed E-state index contributed by atoms with van der Waals surface area (Å²) in [5.74, 6) is -4.27. The largest absolute Gasteiger partial charge is 0.445 e. The van der Waals surface area contributed by atoms with Gasteiger partial charge in [-0.25, -0.2) is 13.6 Å². The third-order valence-corrected chi connectivity index (χ3v) is 3.12. The Bertz CT molecular complexity index is 439. The van der Waals surface area contributed by atoms with Gasteiger partial charge < -0.3 is 14.7 Å². The number of benzene rings is 1. The quantitative estimate of drug-likeness (QED) is 0.913. The maximum absolute atomic E-state index is 13.4. The zero-order valence-corrected chi connectivity index (χ0v) is 10.3. The minimum absolute atomic E-state index is 0.0472. The number of hydrogen-bond donors (Lipinski definition) is 1. The molecule has 1 amide bonds. The predicted octanol–water partition coefficient (Wildman–Crippen LogP) is 1.88. The first-order valence-electron chi connectivity index (χ1n) is 5.97. The Morgan fingerprint density at radius 2 is 2.11 bits per heavy atom. The van der Waals surface area contributed by atoms with Crippen molar-refractivity contribution in [3.05, 3.63) is 35.9 Å². The van der Waals surface area contributed by atoms with Crippen LogP contribution >= 0.6 is 0 Å². The average Bonchev–Trinajstić information content (AvgIpc) is 2.72. The molecule has 1 aliphatic heterocycles. The van der Waals surface area contributed by atoms with Gasteiger partial charge in [-0.05, 0) is 5.56 Å². The number of carbonyl (C=O) groups excluding carboxylic acids is 1. The van der Waals surface area contributed by atoms with Gasteiger partial charge in [-0.3, -0.25) is 0 Å². The van der Waals surface area contributed by atoms with Crippen LogP contribution in [0.3, 0.4) is 0 Å². The summed E-state index contributed by atoms with van der Waals surface area (Å²) in [6.45, 7) is -1.48. The second-order valence-corrected chi connectivity index (χ2v) is 4.56. The molecule has 0 unspecified atom stereocenters. The van der Waals surface area contributed by atoms with Crippen molar-refractivity contribution in [1.29, 1.82) is 0 Å². The minimum Gasteiger partial charge on any atom is -0.445 e. The van der Waals surface area contributed by atoms with Crippen molar-refractivity contribution in [1.82, 2.24) is 4.90 Å². The predicted molar refractivity (Wildman–Crippen MR) is 63.7 cm³/mol. The minimum atomic E-state index is -3.06. The Morgan fingerprint density at radius 1 is 1.42 bits per heavy atom. The lowest BCUT2D eigenvalue weighted by atomic mass is 10.1. The van der Waals surface area contributed by atoms with E-state index in [1.54, 1.807) is 24.3 Å². The molecule has 0 aromatic heterocycles. The van der Waals surface area contributed by atoms with Gasteiger partial charge >= 0.3 is 6.09 Å². The van der Waals surface area contributed by atoms with Crippen molar-refractivity contribution < 1.29 is 23.4 Å². The van der Waals surface area contributed by atoms with Gasteiger partial charge in [-0.15, -0.1) is 0 Å². The van der Waals surface area contributed by atoms with Crippen LogP contribution in [0, 0.1) is 5.92 Å². The van der Waals surface area contributed by atoms with Crippen LogP contribution in [0.4, 0.5) is 13.6 Å². The van der Waals surface area contributed by atoms with E-state index in [9.17, 15) is 13.6 Å². The molecule has 1 aliphatic rings. The molecule has 104 valence electrons. The van der Waals surface area contributed by atoms with Crippen molar-refractivity contribution in [3.63, 3.8) is 0 Å². The smallest absolute Gasteiger partial charge is 0.410 e. The lowest BCUT2D eigenvalue weighted by molar-refractivity contribution is -0.0431. The van der Waals surface area contributed by atoms with Gasteiger partial charge in [0.2, 0.25) is 0 Å². The van der Waals surface area contributed by atoms with Crippen molar-refractivity contribution >= 4 is 6.09 Å². The lowest BCUT2D eigenvalue weighted by Gasteiger charge is -2.15. The van der Waals surface area contributed by atoms with Crippen LogP contribution in [0.5, 0.6) is 0 Å². The molecule has 1 heterocycles. The van der Waals surface area contributed by atoms with E-state index >= 15 is 0 Å². The van der Waals surface area contributed by atoms with Gasteiger partial charge in [0.05, 0.1) is 19.1 Å². The molecule has 1 aromatic rings. The van der Waals surface area contributed by atoms with Gasteiger partial charge in [0, 0.05) is 6.54 Å². The highest BCUT2D eigenvalue weighted by molar-refractivity contribution is 5.68. The number of aliphatic hydroxyl groups excluding tert-OH is 1. The number of rotatable bonds is 3. The fraction of sp³-hybridized carbons (Fsp3) is 0.462. The highest BCUT2D eigenvalue weighted by atomic mass is 19.3. The molecule has 6 heteroatoms. The first-order chi connectivity index (χ1) is 9.03. The number of hydrogen-bond acceptors (Lipinski definition) is 3. The second-order valence-electron chi connectivity index (χ2n) is 4.56. The average molecular weight is 271 g/mol. The monoisotopic (exact) mass is 271 g/mol. The van der Waals surface area contributed by atoms with Gasteiger partial charge in [0.1, 0.15) is 6.61 Å². The highest BCUT2D eigenvalue weighted by Gasteiger charge is 2.49. The summed E-state index contributed by atoms with van der Waals surface area (Å²) in [5, 5.41) is 8.85. The summed E-state index contributed by atoms with van der Waals surface area (Å²) in [4.78, 5) is 12.6. The van der Waals surface area contributed by atoms with E-state index in [0.717, 1.165) is 10.5 Å². The van der Waals surface area contributed by atoms with Crippen LogP contribution in [-0.4, -0.2) is 41.7 Å². The number of likely N-dealkylation sites (tertiary alicyclic amines) is 1. The molecule has 2 rings (SSSR count). The number of halogens is 2. The van der Waals surface area contributed by atoms with E-state index in [2.05, 4.69) is 0 Å². The third-order valence-electron chi connectivity index (χ3n) is 3.12. The van der Waals surface area contributed by atoms with Crippen molar-refractivity contribution in [2.45, 2.75) is 12.5 Å². The number of nitrogens with zero attached hydrogens (tertiary/aromatic N) is 1. The Balaban J connectivity index is 1.88. The molecule has 0 radical (unpaired) electrons.